The van der Waals surface area contributed by atoms with Gasteiger partial charge >= 0.3 is 0 Å². The average Bonchev–Trinajstić information content (AvgIpc) is 2.55. The third kappa shape index (κ3) is 3.93. The smallest absolute Gasteiger partial charge is 0.179 e. The van der Waals surface area contributed by atoms with Crippen LogP contribution < -0.4 is 11.5 Å². The van der Waals surface area contributed by atoms with E-state index >= 15 is 0 Å². The van der Waals surface area contributed by atoms with Gasteiger partial charge in [-0.25, -0.2) is 0 Å². The molecule has 0 saturated heterocycles. The first-order chi connectivity index (χ1) is 10.6. The lowest BCUT2D eigenvalue weighted by atomic mass is 9.96. The van der Waals surface area contributed by atoms with Gasteiger partial charge in [0.05, 0.1) is 6.04 Å². The van der Waals surface area contributed by atoms with Crippen molar-refractivity contribution in [2.45, 2.75) is 25.3 Å². The minimum absolute atomic E-state index is 0.103. The van der Waals surface area contributed by atoms with Gasteiger partial charge in [0.2, 0.25) is 0 Å². The fourth-order valence-corrected chi connectivity index (χ4v) is 2.39. The zero-order chi connectivity index (χ0) is 15.9. The predicted octanol–water partition coefficient (Wildman–Crippen LogP) is 2.70. The Bertz CT molecular complexity index is 626. The number of Topliss-reactive ketones (excluding diaryl/α,β-unsaturated/α-hetero) is 1. The normalized spacial score (nSPS) is 12.1. The Morgan fingerprint density at radius 1 is 1.09 bits per heavy atom. The molecule has 2 aromatic carbocycles. The van der Waals surface area contributed by atoms with Crippen molar-refractivity contribution in [3.05, 3.63) is 54.1 Å². The number of unbranched alkanes of at least 4 members (excludes halogenated alkanes) is 1. The molecule has 2 rings (SSSR count). The monoisotopic (exact) mass is 298 g/mol. The van der Waals surface area contributed by atoms with E-state index in [0.29, 0.717) is 24.1 Å². The first-order valence-electron chi connectivity index (χ1n) is 7.51. The molecule has 4 heteroatoms. The number of aromatic hydroxyl groups is 1. The van der Waals surface area contributed by atoms with E-state index in [4.69, 9.17) is 11.5 Å². The van der Waals surface area contributed by atoms with Crippen LogP contribution in [-0.4, -0.2) is 23.5 Å². The van der Waals surface area contributed by atoms with Gasteiger partial charge in [0.25, 0.3) is 0 Å². The standard InChI is InChI=1S/C18H22N2O2/c19-11-5-4-8-16(20)18(22)14-9-10-17(21)15(12-14)13-6-2-1-3-7-13/h1-3,6-7,9-10,12,16,21H,4-5,8,11,19-20H2/t16-/m0/s1. The van der Waals surface area contributed by atoms with Crippen LogP contribution in [0.1, 0.15) is 29.6 Å². The second kappa shape index (κ2) is 7.73. The molecule has 0 saturated carbocycles. The van der Waals surface area contributed by atoms with Gasteiger partial charge in [-0.2, -0.15) is 0 Å². The molecule has 0 fully saturated rings. The third-order valence-corrected chi connectivity index (χ3v) is 3.67. The molecular formula is C18H22N2O2. The molecule has 22 heavy (non-hydrogen) atoms. The molecule has 0 bridgehead atoms. The summed E-state index contributed by atoms with van der Waals surface area (Å²) in [4.78, 5) is 12.4. The van der Waals surface area contributed by atoms with E-state index in [1.165, 1.54) is 0 Å². The van der Waals surface area contributed by atoms with Crippen molar-refractivity contribution in [2.24, 2.45) is 11.5 Å². The van der Waals surface area contributed by atoms with Gasteiger partial charge in [0, 0.05) is 11.1 Å². The maximum atomic E-state index is 12.4. The van der Waals surface area contributed by atoms with E-state index in [9.17, 15) is 9.90 Å². The summed E-state index contributed by atoms with van der Waals surface area (Å²) >= 11 is 0. The molecule has 5 N–H and O–H groups in total. The lowest BCUT2D eigenvalue weighted by molar-refractivity contribution is 0.0956. The number of benzene rings is 2. The highest BCUT2D eigenvalue weighted by atomic mass is 16.3. The number of hydrogen-bond acceptors (Lipinski definition) is 4. The summed E-state index contributed by atoms with van der Waals surface area (Å²) in [7, 11) is 0. The quantitative estimate of drug-likeness (QED) is 0.541. The molecule has 0 aliphatic rings. The summed E-state index contributed by atoms with van der Waals surface area (Å²) in [6.45, 7) is 0.609. The minimum atomic E-state index is -0.528. The Morgan fingerprint density at radius 2 is 1.82 bits per heavy atom. The zero-order valence-electron chi connectivity index (χ0n) is 12.5. The van der Waals surface area contributed by atoms with E-state index in [0.717, 1.165) is 18.4 Å². The second-order valence-corrected chi connectivity index (χ2v) is 5.35. The maximum absolute atomic E-state index is 12.4. The van der Waals surface area contributed by atoms with Crippen molar-refractivity contribution < 1.29 is 9.90 Å². The van der Waals surface area contributed by atoms with Crippen molar-refractivity contribution in [1.82, 2.24) is 0 Å². The number of carbonyl (C=O) groups excluding carboxylic acids is 1. The summed E-state index contributed by atoms with van der Waals surface area (Å²) in [5.74, 6) is 0.0497. The van der Waals surface area contributed by atoms with Crippen LogP contribution in [0.25, 0.3) is 11.1 Å². The molecule has 2 aromatic rings. The fourth-order valence-electron chi connectivity index (χ4n) is 2.39. The van der Waals surface area contributed by atoms with Crippen LogP contribution in [0.2, 0.25) is 0 Å². The molecular weight excluding hydrogens is 276 g/mol. The fraction of sp³-hybridized carbons (Fsp3) is 0.278. The van der Waals surface area contributed by atoms with Gasteiger partial charge < -0.3 is 16.6 Å². The maximum Gasteiger partial charge on any atom is 0.179 e. The lowest BCUT2D eigenvalue weighted by Gasteiger charge is -2.12. The van der Waals surface area contributed by atoms with Gasteiger partial charge in [-0.1, -0.05) is 36.8 Å². The van der Waals surface area contributed by atoms with E-state index in [2.05, 4.69) is 0 Å². The van der Waals surface area contributed by atoms with E-state index in [1.807, 2.05) is 30.3 Å². The summed E-state index contributed by atoms with van der Waals surface area (Å²) in [5, 5.41) is 10.0. The van der Waals surface area contributed by atoms with Crippen LogP contribution in [0, 0.1) is 0 Å². The van der Waals surface area contributed by atoms with Crippen molar-refractivity contribution in [1.29, 1.82) is 0 Å². The van der Waals surface area contributed by atoms with Gasteiger partial charge in [-0.15, -0.1) is 0 Å². The zero-order valence-corrected chi connectivity index (χ0v) is 12.5. The molecule has 1 atom stereocenters. The number of rotatable bonds is 7. The van der Waals surface area contributed by atoms with Gasteiger partial charge in [0.1, 0.15) is 5.75 Å². The first-order valence-corrected chi connectivity index (χ1v) is 7.51. The molecule has 0 unspecified atom stereocenters. The predicted molar refractivity (Wildman–Crippen MR) is 88.8 cm³/mol. The molecule has 116 valence electrons. The van der Waals surface area contributed by atoms with Crippen molar-refractivity contribution in [3.63, 3.8) is 0 Å². The summed E-state index contributed by atoms with van der Waals surface area (Å²) in [6.07, 6.45) is 2.33. The molecule has 0 aliphatic carbocycles. The van der Waals surface area contributed by atoms with Gasteiger partial charge in [0.15, 0.2) is 5.78 Å². The second-order valence-electron chi connectivity index (χ2n) is 5.35. The number of carbonyl (C=O) groups is 1. The molecule has 0 aliphatic heterocycles. The highest BCUT2D eigenvalue weighted by molar-refractivity contribution is 6.01. The summed E-state index contributed by atoms with van der Waals surface area (Å²) in [6, 6.07) is 13.8. The van der Waals surface area contributed by atoms with Crippen molar-refractivity contribution >= 4 is 5.78 Å². The summed E-state index contributed by atoms with van der Waals surface area (Å²) < 4.78 is 0. The highest BCUT2D eigenvalue weighted by Crippen LogP contribution is 2.30. The topological polar surface area (TPSA) is 89.3 Å². The molecule has 0 spiro atoms. The molecule has 4 nitrogen and oxygen atoms in total. The highest BCUT2D eigenvalue weighted by Gasteiger charge is 2.17. The van der Waals surface area contributed by atoms with E-state index in [1.54, 1.807) is 18.2 Å². The number of hydrogen-bond donors (Lipinski definition) is 3. The van der Waals surface area contributed by atoms with Crippen LogP contribution in [-0.2, 0) is 0 Å². The Kier molecular flexibility index (Phi) is 5.69. The number of nitrogens with two attached hydrogens (primary N) is 2. The van der Waals surface area contributed by atoms with Crippen molar-refractivity contribution in [3.8, 4) is 16.9 Å². The number of phenolic OH excluding ortho intramolecular Hbond substituents is 1. The number of phenols is 1. The van der Waals surface area contributed by atoms with Crippen molar-refractivity contribution in [2.75, 3.05) is 6.54 Å². The van der Waals surface area contributed by atoms with Crippen LogP contribution in [0.4, 0.5) is 0 Å². The Labute approximate surface area is 130 Å². The first kappa shape index (κ1) is 16.2. The molecule has 0 heterocycles. The average molecular weight is 298 g/mol. The van der Waals surface area contributed by atoms with Gasteiger partial charge in [-0.05, 0) is 43.1 Å². The SMILES string of the molecule is NCCCC[C@H](N)C(=O)c1ccc(O)c(-c2ccccc2)c1. The Balaban J connectivity index is 2.20. The molecule has 0 radical (unpaired) electrons. The number of ketones is 1. The van der Waals surface area contributed by atoms with Crippen LogP contribution in [0.15, 0.2) is 48.5 Å². The largest absolute Gasteiger partial charge is 0.507 e. The molecule has 0 amide bonds. The van der Waals surface area contributed by atoms with E-state index < -0.39 is 6.04 Å². The Morgan fingerprint density at radius 3 is 2.50 bits per heavy atom. The molecule has 0 aromatic heterocycles. The van der Waals surface area contributed by atoms with Crippen LogP contribution in [0.5, 0.6) is 5.75 Å². The summed E-state index contributed by atoms with van der Waals surface area (Å²) in [5.41, 5.74) is 13.4. The van der Waals surface area contributed by atoms with Crippen LogP contribution in [0.3, 0.4) is 0 Å². The minimum Gasteiger partial charge on any atom is -0.507 e. The van der Waals surface area contributed by atoms with Crippen LogP contribution >= 0.6 is 0 Å². The lowest BCUT2D eigenvalue weighted by Crippen LogP contribution is -2.30. The van der Waals surface area contributed by atoms with E-state index in [-0.39, 0.29) is 11.5 Å². The third-order valence-electron chi connectivity index (χ3n) is 3.67. The van der Waals surface area contributed by atoms with Gasteiger partial charge in [-0.3, -0.25) is 4.79 Å². The Hall–Kier alpha value is -2.17.